The zero-order chi connectivity index (χ0) is 24.4. The average molecular weight is 459 g/mol. The Morgan fingerprint density at radius 1 is 1.34 bits per heavy atom. The van der Waals surface area contributed by atoms with Crippen LogP contribution in [0.4, 0.5) is 13.2 Å². The number of nitrogens with one attached hydrogen (secondary N) is 2. The van der Waals surface area contributed by atoms with Crippen molar-refractivity contribution < 1.29 is 32.3 Å². The Labute approximate surface area is 184 Å². The van der Waals surface area contributed by atoms with Crippen molar-refractivity contribution in [1.29, 1.82) is 5.26 Å². The van der Waals surface area contributed by atoms with E-state index in [2.05, 4.69) is 5.32 Å². The van der Waals surface area contributed by atoms with Crippen molar-refractivity contribution in [2.45, 2.75) is 64.3 Å². The molecule has 32 heavy (non-hydrogen) atoms. The van der Waals surface area contributed by atoms with Crippen molar-refractivity contribution in [3.8, 4) is 6.07 Å². The minimum atomic E-state index is -5.15. The molecule has 2 rings (SSSR count). The molecule has 4 amide bonds. The van der Waals surface area contributed by atoms with Crippen molar-refractivity contribution in [2.75, 3.05) is 20.1 Å². The third-order valence-electron chi connectivity index (χ3n) is 6.01. The van der Waals surface area contributed by atoms with Crippen LogP contribution in [0.25, 0.3) is 0 Å². The summed E-state index contributed by atoms with van der Waals surface area (Å²) < 4.78 is 37.6. The molecule has 9 nitrogen and oxygen atoms in total. The maximum Gasteiger partial charge on any atom is 0.471 e. The van der Waals surface area contributed by atoms with E-state index in [1.54, 1.807) is 5.32 Å². The van der Waals surface area contributed by atoms with Crippen molar-refractivity contribution in [3.63, 3.8) is 0 Å². The molecule has 0 bridgehead atoms. The van der Waals surface area contributed by atoms with E-state index in [1.807, 2.05) is 19.9 Å². The number of nitriles is 1. The van der Waals surface area contributed by atoms with Gasteiger partial charge in [0, 0.05) is 20.1 Å². The van der Waals surface area contributed by atoms with Crippen LogP contribution in [0.15, 0.2) is 0 Å². The van der Waals surface area contributed by atoms with Gasteiger partial charge in [-0.25, -0.2) is 0 Å². The monoisotopic (exact) mass is 459 g/mol. The van der Waals surface area contributed by atoms with E-state index in [4.69, 9.17) is 0 Å². The molecule has 0 saturated carbocycles. The Morgan fingerprint density at radius 3 is 2.44 bits per heavy atom. The fourth-order valence-electron chi connectivity index (χ4n) is 4.25. The molecule has 4 atom stereocenters. The number of alkyl halides is 3. The lowest BCUT2D eigenvalue weighted by atomic mass is 9.84. The number of likely N-dealkylation sites (tertiary alicyclic amines) is 1. The number of likely N-dealkylation sites (N-methyl/N-ethyl adjacent to an activating group) is 1. The first-order valence-electron chi connectivity index (χ1n) is 10.4. The van der Waals surface area contributed by atoms with Gasteiger partial charge in [-0.15, -0.1) is 0 Å². The van der Waals surface area contributed by atoms with Crippen LogP contribution in [0.3, 0.4) is 0 Å². The summed E-state index contributed by atoms with van der Waals surface area (Å²) in [6.07, 6.45) is -4.29. The fraction of sp³-hybridized carbons (Fsp3) is 0.750. The minimum absolute atomic E-state index is 0.0346. The SMILES string of the molecule is CC(C)C[C@@H](C(=O)N1C[C@]2(CCNC2=O)C[C@H]1C#N)N(C)C(=O)[C@H](C)NC(=O)C(F)(F)F. The van der Waals surface area contributed by atoms with Crippen LogP contribution < -0.4 is 10.6 Å². The van der Waals surface area contributed by atoms with Gasteiger partial charge in [0.15, 0.2) is 0 Å². The summed E-state index contributed by atoms with van der Waals surface area (Å²) in [5.41, 5.74) is -0.852. The van der Waals surface area contributed by atoms with Crippen molar-refractivity contribution >= 4 is 23.6 Å². The first-order valence-corrected chi connectivity index (χ1v) is 10.4. The van der Waals surface area contributed by atoms with E-state index in [-0.39, 0.29) is 31.2 Å². The van der Waals surface area contributed by atoms with Crippen LogP contribution in [-0.4, -0.2) is 77.9 Å². The fourth-order valence-corrected chi connectivity index (χ4v) is 4.25. The summed E-state index contributed by atoms with van der Waals surface area (Å²) in [4.78, 5) is 52.0. The number of amides is 4. The van der Waals surface area contributed by atoms with E-state index < -0.39 is 47.4 Å². The van der Waals surface area contributed by atoms with Gasteiger partial charge in [-0.3, -0.25) is 19.2 Å². The van der Waals surface area contributed by atoms with Gasteiger partial charge in [0.1, 0.15) is 18.1 Å². The maximum atomic E-state index is 13.4. The molecule has 0 unspecified atom stereocenters. The molecule has 2 fully saturated rings. The lowest BCUT2D eigenvalue weighted by Gasteiger charge is -2.34. The van der Waals surface area contributed by atoms with Crippen LogP contribution in [0, 0.1) is 22.7 Å². The topological polar surface area (TPSA) is 123 Å². The van der Waals surface area contributed by atoms with Crippen LogP contribution in [-0.2, 0) is 19.2 Å². The first-order chi connectivity index (χ1) is 14.7. The number of nitrogens with zero attached hydrogens (tertiary/aromatic N) is 3. The molecule has 1 spiro atoms. The number of carbonyl (C=O) groups excluding carboxylic acids is 4. The van der Waals surface area contributed by atoms with E-state index in [1.165, 1.54) is 11.9 Å². The Morgan fingerprint density at radius 2 is 1.97 bits per heavy atom. The normalized spacial score (nSPS) is 24.8. The summed E-state index contributed by atoms with van der Waals surface area (Å²) in [5.74, 6) is -3.96. The Hall–Kier alpha value is -2.84. The largest absolute Gasteiger partial charge is 0.471 e. The lowest BCUT2D eigenvalue weighted by molar-refractivity contribution is -0.175. The molecular weight excluding hydrogens is 431 g/mol. The second-order valence-corrected chi connectivity index (χ2v) is 8.89. The molecule has 2 aliphatic heterocycles. The average Bonchev–Trinajstić information content (AvgIpc) is 3.26. The van der Waals surface area contributed by atoms with Crippen LogP contribution in [0.1, 0.15) is 40.0 Å². The summed E-state index contributed by atoms with van der Waals surface area (Å²) >= 11 is 0. The van der Waals surface area contributed by atoms with Crippen LogP contribution in [0.2, 0.25) is 0 Å². The van der Waals surface area contributed by atoms with Gasteiger partial charge in [-0.2, -0.15) is 18.4 Å². The Balaban J connectivity index is 2.23. The third kappa shape index (κ3) is 5.14. The predicted octanol–water partition coefficient (Wildman–Crippen LogP) is 0.557. The molecule has 2 aliphatic rings. The smallest absolute Gasteiger partial charge is 0.356 e. The van der Waals surface area contributed by atoms with Crippen molar-refractivity contribution in [3.05, 3.63) is 0 Å². The van der Waals surface area contributed by atoms with Gasteiger partial charge in [0.2, 0.25) is 17.7 Å². The number of rotatable bonds is 6. The molecule has 12 heteroatoms. The van der Waals surface area contributed by atoms with Gasteiger partial charge in [-0.05, 0) is 32.1 Å². The zero-order valence-corrected chi connectivity index (χ0v) is 18.5. The van der Waals surface area contributed by atoms with E-state index >= 15 is 0 Å². The van der Waals surface area contributed by atoms with Gasteiger partial charge in [0.05, 0.1) is 11.5 Å². The molecule has 178 valence electrons. The minimum Gasteiger partial charge on any atom is -0.356 e. The molecule has 2 N–H and O–H groups in total. The van der Waals surface area contributed by atoms with Crippen LogP contribution >= 0.6 is 0 Å². The van der Waals surface area contributed by atoms with E-state index in [9.17, 15) is 37.6 Å². The van der Waals surface area contributed by atoms with Crippen molar-refractivity contribution in [2.24, 2.45) is 11.3 Å². The summed E-state index contributed by atoms with van der Waals surface area (Å²) in [7, 11) is 1.28. The highest BCUT2D eigenvalue weighted by Crippen LogP contribution is 2.41. The number of hydrogen-bond donors (Lipinski definition) is 2. The molecule has 2 saturated heterocycles. The second kappa shape index (κ2) is 9.34. The Kier molecular flexibility index (Phi) is 7.42. The van der Waals surface area contributed by atoms with Gasteiger partial charge >= 0.3 is 12.1 Å². The van der Waals surface area contributed by atoms with Gasteiger partial charge < -0.3 is 20.4 Å². The predicted molar refractivity (Wildman–Crippen MR) is 105 cm³/mol. The molecule has 0 radical (unpaired) electrons. The van der Waals surface area contributed by atoms with E-state index in [0.29, 0.717) is 13.0 Å². The van der Waals surface area contributed by atoms with E-state index in [0.717, 1.165) is 11.8 Å². The second-order valence-electron chi connectivity index (χ2n) is 8.89. The lowest BCUT2D eigenvalue weighted by Crippen LogP contribution is -2.56. The first kappa shape index (κ1) is 25.4. The summed E-state index contributed by atoms with van der Waals surface area (Å²) in [6.45, 7) is 5.21. The number of hydrogen-bond acceptors (Lipinski definition) is 5. The van der Waals surface area contributed by atoms with Crippen molar-refractivity contribution in [1.82, 2.24) is 20.4 Å². The number of halogens is 3. The standard InChI is InChI=1S/C20H28F3N5O4/c1-11(2)7-14(27(4)15(29)12(3)26-18(32)20(21,22)23)16(30)28-10-19(8-13(28)9-24)5-6-25-17(19)31/h11-14H,5-8,10H2,1-4H3,(H,25,31)(H,26,32)/t12-,13-,14-,19-/m0/s1. The highest BCUT2D eigenvalue weighted by atomic mass is 19.4. The molecule has 2 heterocycles. The molecule has 0 aromatic heterocycles. The van der Waals surface area contributed by atoms with Crippen LogP contribution in [0.5, 0.6) is 0 Å². The molecule has 0 aromatic carbocycles. The third-order valence-corrected chi connectivity index (χ3v) is 6.01. The van der Waals surface area contributed by atoms with Gasteiger partial charge in [0.25, 0.3) is 0 Å². The highest BCUT2D eigenvalue weighted by molar-refractivity contribution is 5.94. The van der Waals surface area contributed by atoms with Gasteiger partial charge in [-0.1, -0.05) is 13.8 Å². The summed E-state index contributed by atoms with van der Waals surface area (Å²) in [6, 6.07) is -1.39. The Bertz CT molecular complexity index is 825. The highest BCUT2D eigenvalue weighted by Gasteiger charge is 2.54. The maximum absolute atomic E-state index is 13.4. The number of carbonyl (C=O) groups is 4. The quantitative estimate of drug-likeness (QED) is 0.601. The summed E-state index contributed by atoms with van der Waals surface area (Å²) in [5, 5.41) is 13.9. The molecule has 0 aliphatic carbocycles. The molecule has 0 aromatic rings. The molecular formula is C20H28F3N5O4. The zero-order valence-electron chi connectivity index (χ0n) is 18.5.